The SMILES string of the molecule is Cc1ccc(S(=O)(=O)N2CCC(CS(C)(=O)=O)CC2)cc1. The fraction of sp³-hybridized carbons (Fsp3) is 0.571. The average molecular weight is 331 g/mol. The summed E-state index contributed by atoms with van der Waals surface area (Å²) in [6.45, 7) is 2.68. The zero-order valence-corrected chi connectivity index (χ0v) is 14.0. The molecule has 7 heteroatoms. The molecule has 0 aliphatic carbocycles. The summed E-state index contributed by atoms with van der Waals surface area (Å²) in [4.78, 5) is 0.301. The summed E-state index contributed by atoms with van der Waals surface area (Å²) in [6.07, 6.45) is 2.42. The number of hydrogen-bond donors (Lipinski definition) is 0. The summed E-state index contributed by atoms with van der Waals surface area (Å²) in [5, 5.41) is 0. The molecule has 0 atom stereocenters. The molecule has 1 aliphatic rings. The van der Waals surface area contributed by atoms with Gasteiger partial charge in [0.25, 0.3) is 0 Å². The van der Waals surface area contributed by atoms with Crippen LogP contribution in [0, 0.1) is 12.8 Å². The van der Waals surface area contributed by atoms with E-state index in [4.69, 9.17) is 0 Å². The first-order valence-electron chi connectivity index (χ1n) is 6.93. The number of nitrogens with zero attached hydrogens (tertiary/aromatic N) is 1. The number of benzene rings is 1. The van der Waals surface area contributed by atoms with Gasteiger partial charge in [-0.2, -0.15) is 4.31 Å². The van der Waals surface area contributed by atoms with E-state index in [0.29, 0.717) is 30.8 Å². The number of hydrogen-bond acceptors (Lipinski definition) is 4. The maximum absolute atomic E-state index is 12.5. The van der Waals surface area contributed by atoms with E-state index in [-0.39, 0.29) is 11.7 Å². The monoisotopic (exact) mass is 331 g/mol. The van der Waals surface area contributed by atoms with Crippen LogP contribution in [0.5, 0.6) is 0 Å². The van der Waals surface area contributed by atoms with E-state index in [1.165, 1.54) is 10.6 Å². The van der Waals surface area contributed by atoms with Gasteiger partial charge >= 0.3 is 0 Å². The molecule has 1 aliphatic heterocycles. The quantitative estimate of drug-likeness (QED) is 0.837. The molecule has 0 unspecified atom stereocenters. The molecule has 0 amide bonds. The molecule has 5 nitrogen and oxygen atoms in total. The number of piperidine rings is 1. The van der Waals surface area contributed by atoms with Gasteiger partial charge in [-0.1, -0.05) is 17.7 Å². The normalized spacial score (nSPS) is 18.8. The minimum absolute atomic E-state index is 0.0597. The van der Waals surface area contributed by atoms with Gasteiger partial charge < -0.3 is 0 Å². The zero-order chi connectivity index (χ0) is 15.7. The largest absolute Gasteiger partial charge is 0.243 e. The second-order valence-corrected chi connectivity index (χ2v) is 9.88. The van der Waals surface area contributed by atoms with E-state index in [2.05, 4.69) is 0 Å². The fourth-order valence-electron chi connectivity index (χ4n) is 2.60. The molecular weight excluding hydrogens is 310 g/mol. The van der Waals surface area contributed by atoms with Crippen molar-refractivity contribution in [2.45, 2.75) is 24.7 Å². The van der Waals surface area contributed by atoms with Crippen LogP contribution in [0.3, 0.4) is 0 Å². The summed E-state index contributed by atoms with van der Waals surface area (Å²) < 4.78 is 49.0. The van der Waals surface area contributed by atoms with Gasteiger partial charge in [0.15, 0.2) is 0 Å². The Hall–Kier alpha value is -0.920. The topological polar surface area (TPSA) is 71.5 Å². The van der Waals surface area contributed by atoms with Crippen molar-refractivity contribution in [2.75, 3.05) is 25.1 Å². The molecule has 1 heterocycles. The summed E-state index contributed by atoms with van der Waals surface area (Å²) in [5.74, 6) is 0.204. The van der Waals surface area contributed by atoms with Crippen LogP contribution < -0.4 is 0 Å². The summed E-state index contributed by atoms with van der Waals surface area (Å²) in [7, 11) is -6.46. The number of sulfonamides is 1. The van der Waals surface area contributed by atoms with Crippen molar-refractivity contribution in [3.05, 3.63) is 29.8 Å². The lowest BCUT2D eigenvalue weighted by Gasteiger charge is -2.30. The van der Waals surface area contributed by atoms with E-state index in [0.717, 1.165) is 5.56 Å². The molecule has 1 fully saturated rings. The van der Waals surface area contributed by atoms with Crippen LogP contribution >= 0.6 is 0 Å². The van der Waals surface area contributed by atoms with Gasteiger partial charge in [-0.15, -0.1) is 0 Å². The molecule has 1 aromatic rings. The van der Waals surface area contributed by atoms with Crippen LogP contribution in [0.15, 0.2) is 29.2 Å². The third-order valence-electron chi connectivity index (χ3n) is 3.77. The van der Waals surface area contributed by atoms with Crippen molar-refractivity contribution in [1.82, 2.24) is 4.31 Å². The van der Waals surface area contributed by atoms with Crippen molar-refractivity contribution >= 4 is 19.9 Å². The van der Waals surface area contributed by atoms with E-state index in [1.807, 2.05) is 6.92 Å². The predicted molar refractivity (Wildman–Crippen MR) is 82.4 cm³/mol. The molecule has 2 rings (SSSR count). The van der Waals surface area contributed by atoms with Gasteiger partial charge in [0.05, 0.1) is 10.6 Å². The molecule has 1 saturated heterocycles. The minimum Gasteiger partial charge on any atom is -0.229 e. The van der Waals surface area contributed by atoms with E-state index >= 15 is 0 Å². The first-order valence-corrected chi connectivity index (χ1v) is 10.4. The van der Waals surface area contributed by atoms with Gasteiger partial charge in [-0.25, -0.2) is 16.8 Å². The molecule has 21 heavy (non-hydrogen) atoms. The maximum atomic E-state index is 12.5. The minimum atomic E-state index is -3.46. The van der Waals surface area contributed by atoms with Crippen LogP contribution in [0.1, 0.15) is 18.4 Å². The molecule has 0 spiro atoms. The lowest BCUT2D eigenvalue weighted by molar-refractivity contribution is 0.289. The Morgan fingerprint density at radius 2 is 1.57 bits per heavy atom. The van der Waals surface area contributed by atoms with Crippen molar-refractivity contribution in [2.24, 2.45) is 5.92 Å². The first kappa shape index (κ1) is 16.5. The summed E-state index contributed by atoms with van der Waals surface area (Å²) in [5.41, 5.74) is 1.01. The van der Waals surface area contributed by atoms with Crippen molar-refractivity contribution < 1.29 is 16.8 Å². The first-order chi connectivity index (χ1) is 9.68. The van der Waals surface area contributed by atoms with Crippen LogP contribution in [0.25, 0.3) is 0 Å². The Labute approximate surface area is 126 Å². The van der Waals surface area contributed by atoms with Crippen LogP contribution in [-0.4, -0.2) is 46.2 Å². The Bertz CT molecular complexity index is 685. The van der Waals surface area contributed by atoms with E-state index in [9.17, 15) is 16.8 Å². The highest BCUT2D eigenvalue weighted by Crippen LogP contribution is 2.24. The highest BCUT2D eigenvalue weighted by Gasteiger charge is 2.30. The average Bonchev–Trinajstić information content (AvgIpc) is 2.38. The molecule has 0 bridgehead atoms. The van der Waals surface area contributed by atoms with Crippen LogP contribution in [0.2, 0.25) is 0 Å². The second-order valence-electron chi connectivity index (χ2n) is 5.75. The van der Waals surface area contributed by atoms with Gasteiger partial charge in [-0.3, -0.25) is 0 Å². The number of sulfone groups is 1. The lowest BCUT2D eigenvalue weighted by atomic mass is 10.0. The zero-order valence-electron chi connectivity index (χ0n) is 12.3. The van der Waals surface area contributed by atoms with Crippen molar-refractivity contribution in [3.63, 3.8) is 0 Å². The Morgan fingerprint density at radius 1 is 1.05 bits per heavy atom. The Kier molecular flexibility index (Phi) is 4.75. The molecule has 0 aromatic heterocycles. The number of aryl methyl sites for hydroxylation is 1. The molecule has 1 aromatic carbocycles. The maximum Gasteiger partial charge on any atom is 0.243 e. The van der Waals surface area contributed by atoms with Crippen molar-refractivity contribution in [3.8, 4) is 0 Å². The Balaban J connectivity index is 2.06. The summed E-state index contributed by atoms with van der Waals surface area (Å²) in [6, 6.07) is 6.80. The van der Waals surface area contributed by atoms with E-state index in [1.54, 1.807) is 24.3 Å². The smallest absolute Gasteiger partial charge is 0.229 e. The molecule has 0 saturated carbocycles. The highest BCUT2D eigenvalue weighted by atomic mass is 32.2. The van der Waals surface area contributed by atoms with Gasteiger partial charge in [0.1, 0.15) is 9.84 Å². The third-order valence-corrected chi connectivity index (χ3v) is 6.76. The lowest BCUT2D eigenvalue weighted by Crippen LogP contribution is -2.39. The molecule has 118 valence electrons. The standard InChI is InChI=1S/C14H21NO4S2/c1-12-3-5-14(6-4-12)21(18,19)15-9-7-13(8-10-15)11-20(2,16)17/h3-6,13H,7-11H2,1-2H3. The summed E-state index contributed by atoms with van der Waals surface area (Å²) >= 11 is 0. The Morgan fingerprint density at radius 3 is 2.05 bits per heavy atom. The van der Waals surface area contributed by atoms with E-state index < -0.39 is 19.9 Å². The predicted octanol–water partition coefficient (Wildman–Crippen LogP) is 1.44. The van der Waals surface area contributed by atoms with Gasteiger partial charge in [0.2, 0.25) is 10.0 Å². The van der Waals surface area contributed by atoms with Crippen molar-refractivity contribution in [1.29, 1.82) is 0 Å². The van der Waals surface area contributed by atoms with Gasteiger partial charge in [-0.05, 0) is 37.8 Å². The molecular formula is C14H21NO4S2. The number of rotatable bonds is 4. The van der Waals surface area contributed by atoms with Crippen LogP contribution in [-0.2, 0) is 19.9 Å². The second kappa shape index (κ2) is 6.06. The van der Waals surface area contributed by atoms with Gasteiger partial charge in [0, 0.05) is 19.3 Å². The molecule has 0 radical (unpaired) electrons. The van der Waals surface area contributed by atoms with Crippen LogP contribution in [0.4, 0.5) is 0 Å². The fourth-order valence-corrected chi connectivity index (χ4v) is 5.26. The third kappa shape index (κ3) is 4.28. The highest BCUT2D eigenvalue weighted by molar-refractivity contribution is 7.90. The molecule has 0 N–H and O–H groups in total.